The zero-order valence-corrected chi connectivity index (χ0v) is 22.2. The lowest BCUT2D eigenvalue weighted by Gasteiger charge is -2.49. The summed E-state index contributed by atoms with van der Waals surface area (Å²) in [6.07, 6.45) is -4.40. The smallest absolute Gasteiger partial charge is 0.187 e. The minimum absolute atomic E-state index is 0.0239. The highest BCUT2D eigenvalue weighted by Crippen LogP contribution is 2.45. The first-order valence-corrected chi connectivity index (χ1v) is 13.9. The van der Waals surface area contributed by atoms with E-state index in [4.69, 9.17) is 37.9 Å². The van der Waals surface area contributed by atoms with Crippen LogP contribution in [0.25, 0.3) is 0 Å². The van der Waals surface area contributed by atoms with Gasteiger partial charge in [0.05, 0.1) is 32.0 Å². The van der Waals surface area contributed by atoms with Crippen LogP contribution in [0.5, 0.6) is 0 Å². The van der Waals surface area contributed by atoms with Gasteiger partial charge in [-0.3, -0.25) is 0 Å². The Kier molecular flexibility index (Phi) is 6.99. The van der Waals surface area contributed by atoms with Gasteiger partial charge in [0, 0.05) is 11.5 Å². The van der Waals surface area contributed by atoms with Crippen molar-refractivity contribution in [3.63, 3.8) is 0 Å². The van der Waals surface area contributed by atoms with Gasteiger partial charge in [-0.25, -0.2) is 0 Å². The number of aliphatic hydroxyl groups is 1. The Hall–Kier alpha value is -1.92. The molecule has 4 heterocycles. The second kappa shape index (κ2) is 10.5. The van der Waals surface area contributed by atoms with Crippen LogP contribution in [0.15, 0.2) is 60.7 Å². The molecule has 7 rings (SSSR count). The molecule has 9 nitrogen and oxygen atoms in total. The molecule has 11 atom stereocenters. The molecule has 0 radical (unpaired) electrons. The monoisotopic (exact) mass is 540 g/mol. The van der Waals surface area contributed by atoms with Crippen molar-refractivity contribution in [2.45, 2.75) is 94.1 Å². The van der Waals surface area contributed by atoms with Crippen LogP contribution in [0.1, 0.15) is 37.7 Å². The first-order chi connectivity index (χ1) is 18.9. The molecule has 5 aliphatic rings. The number of hydrogen-bond donors (Lipinski definition) is 1. The van der Waals surface area contributed by atoms with Gasteiger partial charge in [0.25, 0.3) is 0 Å². The number of rotatable bonds is 6. The Morgan fingerprint density at radius 3 is 2.38 bits per heavy atom. The summed E-state index contributed by atoms with van der Waals surface area (Å²) in [6.45, 7) is 4.96. The Labute approximate surface area is 228 Å². The third-order valence-corrected chi connectivity index (χ3v) is 8.33. The number of benzene rings is 2. The summed E-state index contributed by atoms with van der Waals surface area (Å²) < 4.78 is 50.0. The topological polar surface area (TPSA) is 94.1 Å². The van der Waals surface area contributed by atoms with E-state index in [-0.39, 0.29) is 24.2 Å². The van der Waals surface area contributed by atoms with Gasteiger partial charge in [-0.2, -0.15) is 0 Å². The first-order valence-electron chi connectivity index (χ1n) is 13.9. The molecule has 1 aliphatic carbocycles. The second-order valence-electron chi connectivity index (χ2n) is 11.5. The van der Waals surface area contributed by atoms with Gasteiger partial charge < -0.3 is 43.0 Å². The fourth-order valence-electron chi connectivity index (χ4n) is 6.52. The summed E-state index contributed by atoms with van der Waals surface area (Å²) >= 11 is 0. The van der Waals surface area contributed by atoms with Gasteiger partial charge in [0.15, 0.2) is 18.4 Å². The Morgan fingerprint density at radius 2 is 1.59 bits per heavy atom. The molecule has 210 valence electrons. The summed E-state index contributed by atoms with van der Waals surface area (Å²) in [7, 11) is 0. The van der Waals surface area contributed by atoms with E-state index in [0.29, 0.717) is 26.2 Å². The van der Waals surface area contributed by atoms with E-state index >= 15 is 0 Å². The van der Waals surface area contributed by atoms with Crippen molar-refractivity contribution in [1.29, 1.82) is 0 Å². The number of hydrogen-bond acceptors (Lipinski definition) is 9. The lowest BCUT2D eigenvalue weighted by Crippen LogP contribution is -2.62. The van der Waals surface area contributed by atoms with Crippen molar-refractivity contribution in [2.75, 3.05) is 13.2 Å². The summed E-state index contributed by atoms with van der Waals surface area (Å²) in [5.41, 5.74) is 1.96. The van der Waals surface area contributed by atoms with Gasteiger partial charge in [-0.15, -0.1) is 0 Å². The van der Waals surface area contributed by atoms with Gasteiger partial charge in [0.1, 0.15) is 36.6 Å². The number of ether oxygens (including phenoxy) is 8. The van der Waals surface area contributed by atoms with Crippen LogP contribution in [-0.4, -0.2) is 79.2 Å². The molecule has 5 fully saturated rings. The molecule has 1 N–H and O–H groups in total. The standard InChI is InChI=1S/C30H36O9/c1-30(2)38-26-24(21-16-34-29(36-21)27(26)39-30)35-20-13-19-15-33-28(18-11-7-4-8-12-18)37-23(19)25(22(20)31)32-14-17-9-5-3-6-10-17/h3-12,19-29,31H,13-16H2,1-2H3/t19-,20-,21-,22+,23-,24-,25-,26+,27+,28-,29-/m1/s1. The predicted molar refractivity (Wildman–Crippen MR) is 136 cm³/mol. The van der Waals surface area contributed by atoms with Crippen LogP contribution >= 0.6 is 0 Å². The van der Waals surface area contributed by atoms with E-state index in [9.17, 15) is 5.11 Å². The SMILES string of the molecule is CC1(C)O[C@@H]2[C@H](O1)[C@@H]1OC[C@@H](O1)[C@H]2O[C@@H]1C[C@@H]2CO[C@@H](c3ccccc3)O[C@H]2[C@H](OCc2ccccc2)[C@H]1O. The van der Waals surface area contributed by atoms with Crippen LogP contribution in [0, 0.1) is 5.92 Å². The lowest BCUT2D eigenvalue weighted by molar-refractivity contribution is -0.311. The zero-order chi connectivity index (χ0) is 26.6. The van der Waals surface area contributed by atoms with Crippen molar-refractivity contribution < 1.29 is 43.0 Å². The van der Waals surface area contributed by atoms with E-state index in [1.54, 1.807) is 0 Å². The van der Waals surface area contributed by atoms with Crippen molar-refractivity contribution in [1.82, 2.24) is 0 Å². The van der Waals surface area contributed by atoms with Crippen molar-refractivity contribution in [3.8, 4) is 0 Å². The van der Waals surface area contributed by atoms with Crippen molar-refractivity contribution in [2.24, 2.45) is 5.92 Å². The fraction of sp³-hybridized carbons (Fsp3) is 0.600. The molecule has 9 heteroatoms. The number of aliphatic hydroxyl groups excluding tert-OH is 1. The molecule has 39 heavy (non-hydrogen) atoms. The third-order valence-electron chi connectivity index (χ3n) is 8.33. The van der Waals surface area contributed by atoms with Gasteiger partial charge >= 0.3 is 0 Å². The van der Waals surface area contributed by atoms with E-state index in [1.807, 2.05) is 74.5 Å². The normalized spacial score (nSPS) is 42.6. The third kappa shape index (κ3) is 5.05. The predicted octanol–water partition coefficient (Wildman–Crippen LogP) is 3.10. The highest BCUT2D eigenvalue weighted by molar-refractivity contribution is 5.17. The van der Waals surface area contributed by atoms with Crippen molar-refractivity contribution in [3.05, 3.63) is 71.8 Å². The Morgan fingerprint density at radius 1 is 0.846 bits per heavy atom. The Balaban J connectivity index is 1.12. The summed E-state index contributed by atoms with van der Waals surface area (Å²) in [4.78, 5) is 0. The summed E-state index contributed by atoms with van der Waals surface area (Å²) in [5, 5.41) is 11.7. The highest BCUT2D eigenvalue weighted by atomic mass is 16.8. The van der Waals surface area contributed by atoms with E-state index < -0.39 is 48.9 Å². The van der Waals surface area contributed by atoms with Crippen LogP contribution in [-0.2, 0) is 44.5 Å². The summed E-state index contributed by atoms with van der Waals surface area (Å²) in [6, 6.07) is 19.8. The molecule has 0 unspecified atom stereocenters. The molecule has 4 aliphatic heterocycles. The number of fused-ring (bicyclic) bond motifs is 5. The van der Waals surface area contributed by atoms with Crippen LogP contribution < -0.4 is 0 Å². The van der Waals surface area contributed by atoms with E-state index in [2.05, 4.69) is 0 Å². The molecule has 2 aromatic rings. The van der Waals surface area contributed by atoms with Gasteiger partial charge in [-0.05, 0) is 25.8 Å². The Bertz CT molecular complexity index is 1110. The lowest BCUT2D eigenvalue weighted by atomic mass is 9.80. The zero-order valence-electron chi connectivity index (χ0n) is 22.2. The molecule has 0 aromatic heterocycles. The maximum Gasteiger partial charge on any atom is 0.187 e. The highest BCUT2D eigenvalue weighted by Gasteiger charge is 2.60. The molecule has 0 spiro atoms. The maximum atomic E-state index is 11.7. The first kappa shape index (κ1) is 26.0. The van der Waals surface area contributed by atoms with Gasteiger partial charge in [0.2, 0.25) is 0 Å². The quantitative estimate of drug-likeness (QED) is 0.593. The van der Waals surface area contributed by atoms with Gasteiger partial charge in [-0.1, -0.05) is 60.7 Å². The second-order valence-corrected chi connectivity index (χ2v) is 11.5. The van der Waals surface area contributed by atoms with Crippen LogP contribution in [0.4, 0.5) is 0 Å². The van der Waals surface area contributed by atoms with Crippen molar-refractivity contribution >= 4 is 0 Å². The average Bonchev–Trinajstić information content (AvgIpc) is 3.54. The molecule has 2 bridgehead atoms. The summed E-state index contributed by atoms with van der Waals surface area (Å²) in [5.74, 6) is -0.798. The van der Waals surface area contributed by atoms with Crippen LogP contribution in [0.3, 0.4) is 0 Å². The maximum absolute atomic E-state index is 11.7. The van der Waals surface area contributed by atoms with E-state index in [0.717, 1.165) is 11.1 Å². The molecular formula is C30H36O9. The minimum Gasteiger partial charge on any atom is -0.388 e. The fourth-order valence-corrected chi connectivity index (χ4v) is 6.52. The van der Waals surface area contributed by atoms with E-state index in [1.165, 1.54) is 0 Å². The molecular weight excluding hydrogens is 504 g/mol. The van der Waals surface area contributed by atoms with Crippen LogP contribution in [0.2, 0.25) is 0 Å². The molecule has 0 amide bonds. The average molecular weight is 541 g/mol. The molecule has 1 saturated carbocycles. The molecule has 2 aromatic carbocycles. The largest absolute Gasteiger partial charge is 0.388 e. The molecule has 4 saturated heterocycles. The minimum atomic E-state index is -0.932.